The van der Waals surface area contributed by atoms with Gasteiger partial charge in [-0.2, -0.15) is 12.6 Å². The van der Waals surface area contributed by atoms with Crippen LogP contribution in [-0.2, 0) is 4.79 Å². The van der Waals surface area contributed by atoms with Crippen LogP contribution in [0.1, 0.15) is 26.7 Å². The third-order valence-electron chi connectivity index (χ3n) is 2.09. The van der Waals surface area contributed by atoms with Gasteiger partial charge in [-0.05, 0) is 13.3 Å². The highest BCUT2D eigenvalue weighted by atomic mass is 32.1. The van der Waals surface area contributed by atoms with Crippen LogP contribution in [0.4, 0.5) is 0 Å². The normalized spacial score (nSPS) is 15.8. The van der Waals surface area contributed by atoms with E-state index in [0.29, 0.717) is 0 Å². The molecule has 1 N–H and O–H groups in total. The third kappa shape index (κ3) is 7.45. The van der Waals surface area contributed by atoms with Gasteiger partial charge in [-0.3, -0.25) is 4.79 Å². The summed E-state index contributed by atoms with van der Waals surface area (Å²) in [5.41, 5.74) is 0. The number of hydrogen-bond donors (Lipinski definition) is 2. The molecular formula is C11H22N2O2S. The van der Waals surface area contributed by atoms with Crippen molar-refractivity contribution in [3.8, 4) is 0 Å². The molecule has 1 rings (SSSR count). The molecule has 0 saturated carbocycles. The van der Waals surface area contributed by atoms with Gasteiger partial charge in [-0.1, -0.05) is 13.3 Å². The van der Waals surface area contributed by atoms with Crippen molar-refractivity contribution in [1.29, 1.82) is 0 Å². The van der Waals surface area contributed by atoms with Crippen LogP contribution in [0, 0.1) is 0 Å². The van der Waals surface area contributed by atoms with Gasteiger partial charge < -0.3 is 14.9 Å². The molecule has 16 heavy (non-hydrogen) atoms. The molecule has 0 bridgehead atoms. The molecule has 94 valence electrons. The number of carboxylic acids is 1. The lowest BCUT2D eigenvalue weighted by Crippen LogP contribution is -2.23. The van der Waals surface area contributed by atoms with Gasteiger partial charge in [-0.25, -0.2) is 0 Å². The van der Waals surface area contributed by atoms with Crippen molar-refractivity contribution < 1.29 is 9.90 Å². The second-order valence-electron chi connectivity index (χ2n) is 3.88. The Hall–Kier alpha value is -0.840. The van der Waals surface area contributed by atoms with Crippen molar-refractivity contribution in [2.45, 2.75) is 31.9 Å². The lowest BCUT2D eigenvalue weighted by atomic mass is 10.3. The Morgan fingerprint density at radius 3 is 2.44 bits per heavy atom. The number of thiol groups is 1. The van der Waals surface area contributed by atoms with Gasteiger partial charge in [0.25, 0.3) is 0 Å². The number of aliphatic carboxylic acids is 1. The Morgan fingerprint density at radius 1 is 1.56 bits per heavy atom. The van der Waals surface area contributed by atoms with Crippen LogP contribution in [0.2, 0.25) is 0 Å². The average molecular weight is 246 g/mol. The monoisotopic (exact) mass is 246 g/mol. The fourth-order valence-electron chi connectivity index (χ4n) is 1.10. The van der Waals surface area contributed by atoms with Crippen molar-refractivity contribution in [3.63, 3.8) is 0 Å². The van der Waals surface area contributed by atoms with Crippen LogP contribution in [0.5, 0.6) is 0 Å². The molecule has 0 fully saturated rings. The standard InChI is InChI=1S/C8H16N2.C3H6O2S/c1-3-4-5-10-7-6-9(2)8-10;1-2(6)3(4)5/h6-7H,3-5,8H2,1-2H3;2,6H,1H3,(H,4,5). The van der Waals surface area contributed by atoms with E-state index in [2.05, 4.69) is 48.8 Å². The highest BCUT2D eigenvalue weighted by molar-refractivity contribution is 7.81. The van der Waals surface area contributed by atoms with Crippen LogP contribution in [-0.4, -0.2) is 46.4 Å². The summed E-state index contributed by atoms with van der Waals surface area (Å²) >= 11 is 3.59. The van der Waals surface area contributed by atoms with Gasteiger partial charge in [0, 0.05) is 26.0 Å². The smallest absolute Gasteiger partial charge is 0.316 e. The summed E-state index contributed by atoms with van der Waals surface area (Å²) in [5.74, 6) is -0.877. The zero-order valence-electron chi connectivity index (χ0n) is 10.3. The molecule has 0 aromatic heterocycles. The summed E-state index contributed by atoms with van der Waals surface area (Å²) in [6, 6.07) is 0. The molecular weight excluding hydrogens is 224 g/mol. The number of carboxylic acid groups (broad SMARTS) is 1. The highest BCUT2D eigenvalue weighted by Gasteiger charge is 2.05. The molecule has 0 spiro atoms. The second kappa shape index (κ2) is 8.33. The molecule has 1 heterocycles. The van der Waals surface area contributed by atoms with Crippen molar-refractivity contribution >= 4 is 18.6 Å². The number of unbranched alkanes of at least 4 members (excludes halogenated alkanes) is 1. The van der Waals surface area contributed by atoms with E-state index < -0.39 is 11.2 Å². The maximum Gasteiger partial charge on any atom is 0.316 e. The van der Waals surface area contributed by atoms with E-state index in [1.54, 1.807) is 0 Å². The summed E-state index contributed by atoms with van der Waals surface area (Å²) in [4.78, 5) is 14.1. The predicted octanol–water partition coefficient (Wildman–Crippen LogP) is 1.85. The van der Waals surface area contributed by atoms with E-state index in [0.717, 1.165) is 6.67 Å². The second-order valence-corrected chi connectivity index (χ2v) is 4.65. The van der Waals surface area contributed by atoms with Crippen LogP contribution >= 0.6 is 12.6 Å². The summed E-state index contributed by atoms with van der Waals surface area (Å²) in [5, 5.41) is 7.38. The van der Waals surface area contributed by atoms with Crippen molar-refractivity contribution in [1.82, 2.24) is 9.80 Å². The number of carbonyl (C=O) groups is 1. The maximum atomic E-state index is 9.62. The van der Waals surface area contributed by atoms with E-state index in [1.807, 2.05) is 0 Å². The molecule has 1 atom stereocenters. The van der Waals surface area contributed by atoms with Gasteiger partial charge in [0.15, 0.2) is 0 Å². The summed E-state index contributed by atoms with van der Waals surface area (Å²) in [6.07, 6.45) is 6.87. The molecule has 5 heteroatoms. The van der Waals surface area contributed by atoms with Gasteiger partial charge in [0.05, 0.1) is 11.9 Å². The molecule has 0 amide bonds. The summed E-state index contributed by atoms with van der Waals surface area (Å²) < 4.78 is 0. The van der Waals surface area contributed by atoms with E-state index in [1.165, 1.54) is 26.3 Å². The van der Waals surface area contributed by atoms with Crippen molar-refractivity contribution in [3.05, 3.63) is 12.4 Å². The SMILES string of the molecule is CC(S)C(=O)O.CCCCN1C=CN(C)C1. The van der Waals surface area contributed by atoms with Crippen molar-refractivity contribution in [2.24, 2.45) is 0 Å². The minimum Gasteiger partial charge on any atom is -0.480 e. The average Bonchev–Trinajstić information content (AvgIpc) is 2.62. The zero-order chi connectivity index (χ0) is 12.6. The fraction of sp³-hybridized carbons (Fsp3) is 0.727. The van der Waals surface area contributed by atoms with Crippen LogP contribution < -0.4 is 0 Å². The van der Waals surface area contributed by atoms with Crippen LogP contribution in [0.25, 0.3) is 0 Å². The number of hydrogen-bond acceptors (Lipinski definition) is 4. The molecule has 1 aliphatic rings. The Bertz CT molecular complexity index is 232. The molecule has 4 nitrogen and oxygen atoms in total. The molecule has 0 radical (unpaired) electrons. The van der Waals surface area contributed by atoms with Gasteiger partial charge in [0.1, 0.15) is 0 Å². The van der Waals surface area contributed by atoms with Gasteiger partial charge in [0.2, 0.25) is 0 Å². The lowest BCUT2D eigenvalue weighted by Gasteiger charge is -2.17. The van der Waals surface area contributed by atoms with E-state index >= 15 is 0 Å². The summed E-state index contributed by atoms with van der Waals surface area (Å²) in [7, 11) is 2.10. The maximum absolute atomic E-state index is 9.62. The third-order valence-corrected chi connectivity index (χ3v) is 2.31. The highest BCUT2D eigenvalue weighted by Crippen LogP contribution is 2.04. The Kier molecular flexibility index (Phi) is 7.89. The molecule has 0 aromatic rings. The van der Waals surface area contributed by atoms with Gasteiger partial charge in [-0.15, -0.1) is 0 Å². The first kappa shape index (κ1) is 15.2. The Balaban J connectivity index is 0.000000325. The van der Waals surface area contributed by atoms with Crippen LogP contribution in [0.15, 0.2) is 12.4 Å². The minimum absolute atomic E-state index is 0.537. The van der Waals surface area contributed by atoms with Crippen molar-refractivity contribution in [2.75, 3.05) is 20.3 Å². The van der Waals surface area contributed by atoms with E-state index in [-0.39, 0.29) is 0 Å². The first-order chi connectivity index (χ1) is 7.47. The predicted molar refractivity (Wildman–Crippen MR) is 69.5 cm³/mol. The van der Waals surface area contributed by atoms with Crippen LogP contribution in [0.3, 0.4) is 0 Å². The summed E-state index contributed by atoms with van der Waals surface area (Å²) in [6.45, 7) is 6.01. The molecule has 0 aromatic carbocycles. The minimum atomic E-state index is -0.877. The topological polar surface area (TPSA) is 43.8 Å². The number of rotatable bonds is 4. The largest absolute Gasteiger partial charge is 0.480 e. The lowest BCUT2D eigenvalue weighted by molar-refractivity contribution is -0.136. The van der Waals surface area contributed by atoms with E-state index in [9.17, 15) is 4.79 Å². The quantitative estimate of drug-likeness (QED) is 0.743. The zero-order valence-corrected chi connectivity index (χ0v) is 11.2. The molecule has 1 aliphatic heterocycles. The Labute approximate surface area is 103 Å². The molecule has 1 unspecified atom stereocenters. The van der Waals surface area contributed by atoms with Gasteiger partial charge >= 0.3 is 5.97 Å². The molecule has 0 aliphatic carbocycles. The molecule has 0 saturated heterocycles. The Morgan fingerprint density at radius 2 is 2.12 bits per heavy atom. The first-order valence-corrected chi connectivity index (χ1v) is 6.02. The first-order valence-electron chi connectivity index (χ1n) is 5.50. The van der Waals surface area contributed by atoms with E-state index in [4.69, 9.17) is 5.11 Å². The number of nitrogens with zero attached hydrogens (tertiary/aromatic N) is 2. The fourth-order valence-corrected chi connectivity index (χ4v) is 1.10.